The molecule has 2 heterocycles. The molecule has 2 atom stereocenters. The molecule has 1 saturated heterocycles. The summed E-state index contributed by atoms with van der Waals surface area (Å²) in [6.07, 6.45) is 0. The summed E-state index contributed by atoms with van der Waals surface area (Å²) < 4.78 is 4.66. The van der Waals surface area contributed by atoms with Gasteiger partial charge in [-0.3, -0.25) is 9.69 Å². The van der Waals surface area contributed by atoms with E-state index in [0.717, 1.165) is 5.57 Å². The number of esters is 1. The molecule has 5 nitrogen and oxygen atoms in total. The number of halogens is 1. The quantitative estimate of drug-likeness (QED) is 0.537. The Morgan fingerprint density at radius 2 is 2.25 bits per heavy atom. The van der Waals surface area contributed by atoms with E-state index in [4.69, 9.17) is 5.73 Å². The van der Waals surface area contributed by atoms with Crippen LogP contribution in [-0.2, 0) is 14.3 Å². The summed E-state index contributed by atoms with van der Waals surface area (Å²) in [6, 6.07) is -0.484. The zero-order chi connectivity index (χ0) is 11.2. The predicted molar refractivity (Wildman–Crippen MR) is 63.0 cm³/mol. The summed E-state index contributed by atoms with van der Waals surface area (Å²) >= 11 is 1.58. The van der Waals surface area contributed by atoms with Gasteiger partial charge in [0.1, 0.15) is 17.1 Å². The maximum Gasteiger partial charge on any atom is 0.354 e. The summed E-state index contributed by atoms with van der Waals surface area (Å²) in [5.41, 5.74) is 6.87. The Morgan fingerprint density at radius 3 is 2.81 bits per heavy atom. The van der Waals surface area contributed by atoms with Gasteiger partial charge in [0.15, 0.2) is 0 Å². The van der Waals surface area contributed by atoms with E-state index >= 15 is 0 Å². The average Bonchev–Trinajstić information content (AvgIpc) is 2.26. The molecule has 0 saturated carbocycles. The van der Waals surface area contributed by atoms with Gasteiger partial charge in [-0.2, -0.15) is 0 Å². The highest BCUT2D eigenvalue weighted by molar-refractivity contribution is 8.00. The lowest BCUT2D eigenvalue weighted by molar-refractivity contribution is -0.149. The van der Waals surface area contributed by atoms with Gasteiger partial charge in [0, 0.05) is 5.75 Å². The van der Waals surface area contributed by atoms with E-state index in [-0.39, 0.29) is 23.7 Å². The number of nitrogens with zero attached hydrogens (tertiary/aromatic N) is 1. The van der Waals surface area contributed by atoms with E-state index < -0.39 is 12.0 Å². The highest BCUT2D eigenvalue weighted by Gasteiger charge is 2.51. The van der Waals surface area contributed by atoms with Crippen LogP contribution in [-0.4, -0.2) is 41.1 Å². The number of hydrogen-bond donors (Lipinski definition) is 1. The number of carbonyl (C=O) groups excluding carboxylic acids is 2. The Labute approximate surface area is 104 Å². The van der Waals surface area contributed by atoms with E-state index in [0.29, 0.717) is 11.4 Å². The van der Waals surface area contributed by atoms with Crippen molar-refractivity contribution in [3.8, 4) is 0 Å². The van der Waals surface area contributed by atoms with Gasteiger partial charge in [-0.25, -0.2) is 4.79 Å². The molecule has 2 rings (SSSR count). The van der Waals surface area contributed by atoms with Gasteiger partial charge in [-0.15, -0.1) is 24.2 Å². The number of methoxy groups -OCH3 is 1. The average molecular weight is 265 g/mol. The molecule has 90 valence electrons. The van der Waals surface area contributed by atoms with Gasteiger partial charge in [0.05, 0.1) is 7.11 Å². The third-order valence-electron chi connectivity index (χ3n) is 2.58. The number of fused-ring (bicyclic) bond motifs is 1. The van der Waals surface area contributed by atoms with E-state index in [2.05, 4.69) is 4.74 Å². The number of nitrogens with two attached hydrogens (primary N) is 1. The molecular weight excluding hydrogens is 252 g/mol. The summed E-state index contributed by atoms with van der Waals surface area (Å²) in [4.78, 5) is 24.5. The molecule has 0 aliphatic carbocycles. The van der Waals surface area contributed by atoms with Crippen LogP contribution in [0.3, 0.4) is 0 Å². The second kappa shape index (κ2) is 4.65. The third kappa shape index (κ3) is 1.70. The zero-order valence-corrected chi connectivity index (χ0v) is 10.6. The van der Waals surface area contributed by atoms with Crippen LogP contribution < -0.4 is 5.73 Å². The fraction of sp³-hybridized carbons (Fsp3) is 0.556. The van der Waals surface area contributed by atoms with Crippen LogP contribution in [0.25, 0.3) is 0 Å². The molecule has 0 aromatic heterocycles. The van der Waals surface area contributed by atoms with Crippen molar-refractivity contribution >= 4 is 36.0 Å². The molecule has 16 heavy (non-hydrogen) atoms. The Balaban J connectivity index is 0.00000128. The number of carbonyl (C=O) groups is 2. The fourth-order valence-electron chi connectivity index (χ4n) is 1.76. The van der Waals surface area contributed by atoms with Crippen molar-refractivity contribution in [1.29, 1.82) is 0 Å². The van der Waals surface area contributed by atoms with Crippen molar-refractivity contribution in [2.75, 3.05) is 12.9 Å². The van der Waals surface area contributed by atoms with Gasteiger partial charge in [0.25, 0.3) is 0 Å². The Kier molecular flexibility index (Phi) is 3.88. The minimum atomic E-state index is -0.484. The topological polar surface area (TPSA) is 72.6 Å². The van der Waals surface area contributed by atoms with E-state index in [1.807, 2.05) is 6.92 Å². The van der Waals surface area contributed by atoms with Crippen molar-refractivity contribution in [3.63, 3.8) is 0 Å². The predicted octanol–water partition coefficient (Wildman–Crippen LogP) is 0.0976. The van der Waals surface area contributed by atoms with Gasteiger partial charge >= 0.3 is 5.97 Å². The first-order chi connectivity index (χ1) is 7.07. The van der Waals surface area contributed by atoms with Crippen LogP contribution in [0.4, 0.5) is 0 Å². The highest BCUT2D eigenvalue weighted by Crippen LogP contribution is 2.39. The number of thioether (sulfide) groups is 1. The van der Waals surface area contributed by atoms with Crippen LogP contribution in [0.5, 0.6) is 0 Å². The van der Waals surface area contributed by atoms with Crippen molar-refractivity contribution in [3.05, 3.63) is 11.3 Å². The molecular formula is C9H13ClN2O3S. The molecule has 0 aromatic carbocycles. The number of hydrogen-bond acceptors (Lipinski definition) is 5. The lowest BCUT2D eigenvalue weighted by Gasteiger charge is -2.47. The van der Waals surface area contributed by atoms with E-state index in [1.54, 1.807) is 11.8 Å². The molecule has 0 bridgehead atoms. The van der Waals surface area contributed by atoms with Crippen LogP contribution >= 0.6 is 24.2 Å². The number of ether oxygens (including phenoxy) is 1. The monoisotopic (exact) mass is 264 g/mol. The lowest BCUT2D eigenvalue weighted by Crippen LogP contribution is -2.68. The maximum absolute atomic E-state index is 11.5. The summed E-state index contributed by atoms with van der Waals surface area (Å²) in [6.45, 7) is 1.83. The van der Waals surface area contributed by atoms with Gasteiger partial charge in [0.2, 0.25) is 5.91 Å². The summed E-state index contributed by atoms with van der Waals surface area (Å²) in [7, 11) is 1.31. The smallest absolute Gasteiger partial charge is 0.354 e. The molecule has 0 spiro atoms. The summed E-state index contributed by atoms with van der Waals surface area (Å²) in [5.74, 6) is 0.0528. The Hall–Kier alpha value is -0.720. The van der Waals surface area contributed by atoms with Crippen molar-refractivity contribution in [2.45, 2.75) is 18.3 Å². The van der Waals surface area contributed by atoms with Crippen LogP contribution in [0.1, 0.15) is 6.92 Å². The first kappa shape index (κ1) is 13.3. The van der Waals surface area contributed by atoms with Crippen molar-refractivity contribution in [2.24, 2.45) is 5.73 Å². The van der Waals surface area contributed by atoms with Crippen molar-refractivity contribution < 1.29 is 14.3 Å². The maximum atomic E-state index is 11.5. The Morgan fingerprint density at radius 1 is 1.62 bits per heavy atom. The van der Waals surface area contributed by atoms with Crippen LogP contribution in [0, 0.1) is 0 Å². The summed E-state index contributed by atoms with van der Waals surface area (Å²) in [5, 5.41) is -0.102. The van der Waals surface area contributed by atoms with Crippen LogP contribution in [0.2, 0.25) is 0 Å². The molecule has 0 radical (unpaired) electrons. The second-order valence-electron chi connectivity index (χ2n) is 3.56. The minimum absolute atomic E-state index is 0. The number of amides is 1. The van der Waals surface area contributed by atoms with Gasteiger partial charge in [-0.05, 0) is 12.5 Å². The third-order valence-corrected chi connectivity index (χ3v) is 4.02. The number of rotatable bonds is 1. The highest BCUT2D eigenvalue weighted by atomic mass is 35.5. The largest absolute Gasteiger partial charge is 0.464 e. The van der Waals surface area contributed by atoms with Crippen LogP contribution in [0.15, 0.2) is 11.3 Å². The molecule has 2 N–H and O–H groups in total. The Bertz CT molecular complexity index is 372. The molecule has 1 amide bonds. The molecule has 2 aliphatic heterocycles. The van der Waals surface area contributed by atoms with E-state index in [9.17, 15) is 9.59 Å². The van der Waals surface area contributed by atoms with Crippen molar-refractivity contribution in [1.82, 2.24) is 4.90 Å². The standard InChI is InChI=1S/C9H12N2O3S.ClH/c1-4-3-15-8-5(10)7(12)11(8)6(4)9(13)14-2;/h5,8H,3,10H2,1-2H3;1H/t5?,8-;/m1./s1. The van der Waals surface area contributed by atoms with Gasteiger partial charge < -0.3 is 10.5 Å². The molecule has 7 heteroatoms. The fourth-order valence-corrected chi connectivity index (χ4v) is 3.00. The number of β-lactam (4-membered cyclic amide) rings is 1. The minimum Gasteiger partial charge on any atom is -0.464 e. The second-order valence-corrected chi connectivity index (χ2v) is 4.66. The van der Waals surface area contributed by atoms with Gasteiger partial charge in [-0.1, -0.05) is 0 Å². The molecule has 1 fully saturated rings. The zero-order valence-electron chi connectivity index (χ0n) is 8.93. The lowest BCUT2D eigenvalue weighted by atomic mass is 10.0. The first-order valence-corrected chi connectivity index (χ1v) is 5.61. The first-order valence-electron chi connectivity index (χ1n) is 4.56. The molecule has 1 unspecified atom stereocenters. The van der Waals surface area contributed by atoms with E-state index in [1.165, 1.54) is 12.0 Å². The molecule has 2 aliphatic rings. The normalized spacial score (nSPS) is 27.9. The molecule has 0 aromatic rings. The SMILES string of the molecule is COC(=O)C1=C(C)CS[C@@H]2C(N)C(=O)N12.Cl.